The van der Waals surface area contributed by atoms with Gasteiger partial charge in [0.1, 0.15) is 0 Å². The van der Waals surface area contributed by atoms with Crippen molar-refractivity contribution in [3.63, 3.8) is 0 Å². The van der Waals surface area contributed by atoms with E-state index in [9.17, 15) is 18.0 Å². The van der Waals surface area contributed by atoms with Gasteiger partial charge >= 0.3 is 5.97 Å². The first-order valence-electron chi connectivity index (χ1n) is 10.3. The summed E-state index contributed by atoms with van der Waals surface area (Å²) in [6, 6.07) is 6.15. The van der Waals surface area contributed by atoms with Crippen molar-refractivity contribution in [2.24, 2.45) is 0 Å². The molecule has 0 amide bonds. The zero-order chi connectivity index (χ0) is 22.9. The zero-order valence-corrected chi connectivity index (χ0v) is 19.7. The van der Waals surface area contributed by atoms with E-state index in [0.717, 1.165) is 24.2 Å². The normalized spacial score (nSPS) is 14.1. The summed E-state index contributed by atoms with van der Waals surface area (Å²) in [5, 5.41) is 0.0582. The van der Waals surface area contributed by atoms with Crippen LogP contribution in [0.4, 0.5) is 0 Å². The molecule has 0 radical (unpaired) electrons. The molecular weight excluding hydrogens is 440 g/mol. The van der Waals surface area contributed by atoms with E-state index in [1.807, 2.05) is 19.9 Å². The highest BCUT2D eigenvalue weighted by molar-refractivity contribution is 7.89. The maximum Gasteiger partial charge on any atom is 0.340 e. The second kappa shape index (κ2) is 9.14. The van der Waals surface area contributed by atoms with Crippen molar-refractivity contribution in [1.82, 2.24) is 8.87 Å². The molecule has 1 fully saturated rings. The molecule has 1 aromatic carbocycles. The fraction of sp³-hybridized carbons (Fsp3) is 0.455. The molecule has 31 heavy (non-hydrogen) atoms. The minimum atomic E-state index is -3.76. The third-order valence-corrected chi connectivity index (χ3v) is 7.91. The highest BCUT2D eigenvalue weighted by Gasteiger charge is 2.29. The molecule has 3 rings (SSSR count). The molecule has 1 heterocycles. The number of esters is 1. The van der Waals surface area contributed by atoms with Crippen molar-refractivity contribution in [2.75, 3.05) is 19.7 Å². The maximum atomic E-state index is 12.7. The monoisotopic (exact) mass is 466 g/mol. The van der Waals surface area contributed by atoms with Crippen LogP contribution in [0, 0.1) is 13.8 Å². The van der Waals surface area contributed by atoms with Gasteiger partial charge in [-0.3, -0.25) is 4.79 Å². The molecule has 1 saturated carbocycles. The van der Waals surface area contributed by atoms with Crippen molar-refractivity contribution in [3.05, 3.63) is 51.8 Å². The first-order chi connectivity index (χ1) is 14.6. The minimum absolute atomic E-state index is 0.0492. The van der Waals surface area contributed by atoms with Crippen molar-refractivity contribution in [3.8, 4) is 0 Å². The summed E-state index contributed by atoms with van der Waals surface area (Å²) >= 11 is 6.11. The molecule has 0 N–H and O–H groups in total. The lowest BCUT2D eigenvalue weighted by Gasteiger charge is -2.19. The average Bonchev–Trinajstić information content (AvgIpc) is 3.51. The fourth-order valence-electron chi connectivity index (χ4n) is 3.77. The number of ether oxygens (including phenoxy) is 1. The number of Topliss-reactive ketones (excluding diaryl/α,β-unsaturated/α-hetero) is 1. The quantitative estimate of drug-likeness (QED) is 0.409. The van der Waals surface area contributed by atoms with Gasteiger partial charge < -0.3 is 9.30 Å². The number of carbonyl (C=O) groups is 2. The molecule has 0 saturated heterocycles. The van der Waals surface area contributed by atoms with Gasteiger partial charge in [0.15, 0.2) is 6.61 Å². The highest BCUT2D eigenvalue weighted by Crippen LogP contribution is 2.38. The number of sulfonamides is 1. The Kier molecular flexibility index (Phi) is 6.93. The second-order valence-electron chi connectivity index (χ2n) is 7.62. The van der Waals surface area contributed by atoms with Crippen LogP contribution >= 0.6 is 11.6 Å². The molecule has 0 aliphatic heterocycles. The lowest BCUT2D eigenvalue weighted by atomic mass is 10.1. The molecule has 0 unspecified atom stereocenters. The van der Waals surface area contributed by atoms with Crippen molar-refractivity contribution in [2.45, 2.75) is 51.5 Å². The van der Waals surface area contributed by atoms with Gasteiger partial charge in [-0.15, -0.1) is 0 Å². The van der Waals surface area contributed by atoms with Gasteiger partial charge in [0.05, 0.1) is 15.5 Å². The Morgan fingerprint density at radius 1 is 1.13 bits per heavy atom. The number of hydrogen-bond acceptors (Lipinski definition) is 5. The van der Waals surface area contributed by atoms with Crippen LogP contribution in [0.2, 0.25) is 5.02 Å². The number of carbonyl (C=O) groups excluding carboxylic acids is 2. The van der Waals surface area contributed by atoms with E-state index in [4.69, 9.17) is 16.3 Å². The third kappa shape index (κ3) is 4.71. The molecular formula is C22H27ClN2O5S. The van der Waals surface area contributed by atoms with E-state index in [1.54, 1.807) is 13.8 Å². The number of aromatic nitrogens is 1. The van der Waals surface area contributed by atoms with Crippen molar-refractivity contribution in [1.29, 1.82) is 0 Å². The molecule has 0 atom stereocenters. The fourth-order valence-corrected chi connectivity index (χ4v) is 5.45. The smallest absolute Gasteiger partial charge is 0.340 e. The number of halogens is 1. The van der Waals surface area contributed by atoms with E-state index >= 15 is 0 Å². The Hall–Kier alpha value is -2.16. The molecule has 168 valence electrons. The van der Waals surface area contributed by atoms with Crippen LogP contribution in [-0.2, 0) is 14.8 Å². The Morgan fingerprint density at radius 2 is 1.77 bits per heavy atom. The molecule has 0 bridgehead atoms. The van der Waals surface area contributed by atoms with Gasteiger partial charge in [0.25, 0.3) is 0 Å². The van der Waals surface area contributed by atoms with Crippen LogP contribution in [0.3, 0.4) is 0 Å². The molecule has 1 aliphatic rings. The summed E-state index contributed by atoms with van der Waals surface area (Å²) in [4.78, 5) is 25.2. The van der Waals surface area contributed by atoms with E-state index in [2.05, 4.69) is 4.57 Å². The summed E-state index contributed by atoms with van der Waals surface area (Å²) in [6.07, 6.45) is 2.20. The zero-order valence-electron chi connectivity index (χ0n) is 18.1. The Labute approximate surface area is 188 Å². The number of rotatable bonds is 9. The summed E-state index contributed by atoms with van der Waals surface area (Å²) in [7, 11) is -3.76. The Bertz CT molecular complexity index is 1120. The average molecular weight is 467 g/mol. The van der Waals surface area contributed by atoms with Crippen molar-refractivity contribution >= 4 is 33.4 Å². The summed E-state index contributed by atoms with van der Waals surface area (Å²) in [5.41, 5.74) is 2.31. The van der Waals surface area contributed by atoms with Gasteiger partial charge in [0.2, 0.25) is 15.8 Å². The van der Waals surface area contributed by atoms with Gasteiger partial charge in [-0.1, -0.05) is 25.4 Å². The summed E-state index contributed by atoms with van der Waals surface area (Å²) in [6.45, 7) is 7.46. The molecule has 9 heteroatoms. The largest absolute Gasteiger partial charge is 0.454 e. The van der Waals surface area contributed by atoms with Gasteiger partial charge in [-0.25, -0.2) is 13.2 Å². The summed E-state index contributed by atoms with van der Waals surface area (Å²) in [5.74, 6) is -1.15. The molecule has 1 aromatic heterocycles. The van der Waals surface area contributed by atoms with E-state index in [1.165, 1.54) is 22.5 Å². The SMILES string of the molecule is CCN(CC)S(=O)(=O)c1ccc(Cl)c(C(=O)OCC(=O)c2cc(C)n(C3CC3)c2C)c1. The predicted octanol–water partition coefficient (Wildman–Crippen LogP) is 4.16. The second-order valence-corrected chi connectivity index (χ2v) is 9.96. The minimum Gasteiger partial charge on any atom is -0.454 e. The third-order valence-electron chi connectivity index (χ3n) is 5.53. The lowest BCUT2D eigenvalue weighted by molar-refractivity contribution is 0.0474. The number of aryl methyl sites for hydroxylation is 1. The van der Waals surface area contributed by atoms with Crippen LogP contribution in [0.5, 0.6) is 0 Å². The van der Waals surface area contributed by atoms with Crippen molar-refractivity contribution < 1.29 is 22.7 Å². The first-order valence-corrected chi connectivity index (χ1v) is 12.1. The molecule has 1 aliphatic carbocycles. The van der Waals surface area contributed by atoms with Gasteiger partial charge in [-0.05, 0) is 51.0 Å². The van der Waals surface area contributed by atoms with Crippen LogP contribution in [-0.4, -0.2) is 48.7 Å². The maximum absolute atomic E-state index is 12.7. The van der Waals surface area contributed by atoms with E-state index < -0.39 is 22.6 Å². The standard InChI is InChI=1S/C22H27ClN2O5S/c1-5-24(6-2)31(28,29)17-9-10-20(23)19(12-17)22(27)30-13-21(26)18-11-14(3)25(15(18)4)16-7-8-16/h9-12,16H,5-8,13H2,1-4H3. The van der Waals surface area contributed by atoms with Crippen LogP contribution in [0.25, 0.3) is 0 Å². The first kappa shape index (κ1) is 23.5. The lowest BCUT2D eigenvalue weighted by Crippen LogP contribution is -2.30. The highest BCUT2D eigenvalue weighted by atomic mass is 35.5. The van der Waals surface area contributed by atoms with Gasteiger partial charge in [-0.2, -0.15) is 4.31 Å². The number of benzene rings is 1. The number of ketones is 1. The van der Waals surface area contributed by atoms with E-state index in [0.29, 0.717) is 24.7 Å². The molecule has 0 spiro atoms. The Morgan fingerprint density at radius 3 is 2.35 bits per heavy atom. The van der Waals surface area contributed by atoms with Gasteiger partial charge in [0, 0.05) is 36.1 Å². The number of nitrogens with zero attached hydrogens (tertiary/aromatic N) is 2. The summed E-state index contributed by atoms with van der Waals surface area (Å²) < 4.78 is 34.1. The van der Waals surface area contributed by atoms with E-state index in [-0.39, 0.29) is 21.3 Å². The van der Waals surface area contributed by atoms with Crippen LogP contribution < -0.4 is 0 Å². The topological polar surface area (TPSA) is 85.7 Å². The number of hydrogen-bond donors (Lipinski definition) is 0. The van der Waals surface area contributed by atoms with Crippen LogP contribution in [0.1, 0.15) is 64.8 Å². The predicted molar refractivity (Wildman–Crippen MR) is 118 cm³/mol. The molecule has 2 aromatic rings. The van der Waals surface area contributed by atoms with Crippen LogP contribution in [0.15, 0.2) is 29.2 Å². The molecule has 7 nitrogen and oxygen atoms in total. The Balaban J connectivity index is 1.77.